The van der Waals surface area contributed by atoms with Crippen LogP contribution in [0.1, 0.15) is 25.3 Å². The van der Waals surface area contributed by atoms with Gasteiger partial charge in [-0.25, -0.2) is 0 Å². The molecule has 2 aromatic carbocycles. The third kappa shape index (κ3) is 6.38. The molecule has 0 radical (unpaired) electrons. The van der Waals surface area contributed by atoms with Gasteiger partial charge in [0.2, 0.25) is 5.91 Å². The quantitative estimate of drug-likeness (QED) is 0.749. The highest BCUT2D eigenvalue weighted by atomic mass is 32.1. The molecule has 0 saturated carbocycles. The van der Waals surface area contributed by atoms with Crippen molar-refractivity contribution in [3.8, 4) is 5.75 Å². The van der Waals surface area contributed by atoms with E-state index in [1.54, 1.807) is 0 Å². The molecule has 1 amide bonds. The second-order valence-electron chi connectivity index (χ2n) is 5.36. The molecule has 0 aliphatic rings. The maximum Gasteiger partial charge on any atom is 0.226 e. The number of hydrogen-bond donors (Lipinski definition) is 2. The van der Waals surface area contributed by atoms with Gasteiger partial charge >= 0.3 is 0 Å². The van der Waals surface area contributed by atoms with Crippen molar-refractivity contribution in [1.82, 2.24) is 5.32 Å². The minimum atomic E-state index is -0.0979. The second-order valence-corrected chi connectivity index (χ2v) is 5.77. The average Bonchev–Trinajstić information content (AvgIpc) is 2.60. The van der Waals surface area contributed by atoms with Crippen LogP contribution in [0.4, 0.5) is 5.69 Å². The first-order valence-corrected chi connectivity index (χ1v) is 8.46. The summed E-state index contributed by atoms with van der Waals surface area (Å²) in [6.07, 6.45) is 2.06. The van der Waals surface area contributed by atoms with Crippen molar-refractivity contribution >= 4 is 28.9 Å². The van der Waals surface area contributed by atoms with Crippen LogP contribution in [-0.2, 0) is 11.2 Å². The van der Waals surface area contributed by atoms with Crippen LogP contribution in [0.15, 0.2) is 54.6 Å². The number of carbonyl (C=O) groups excluding carboxylic acids is 1. The molecule has 0 aromatic heterocycles. The van der Waals surface area contributed by atoms with E-state index in [4.69, 9.17) is 17.0 Å². The van der Waals surface area contributed by atoms with Gasteiger partial charge in [0, 0.05) is 12.1 Å². The number of aryl methyl sites for hydroxylation is 1. The van der Waals surface area contributed by atoms with E-state index in [0.717, 1.165) is 23.4 Å². The summed E-state index contributed by atoms with van der Waals surface area (Å²) in [5.41, 5.74) is 1.95. The highest BCUT2D eigenvalue weighted by Gasteiger charge is 2.05. The molecule has 2 aromatic rings. The van der Waals surface area contributed by atoms with Gasteiger partial charge in [-0.05, 0) is 54.9 Å². The van der Waals surface area contributed by atoms with Gasteiger partial charge in [-0.1, -0.05) is 37.3 Å². The second kappa shape index (κ2) is 9.67. The number of benzene rings is 2. The van der Waals surface area contributed by atoms with Crippen LogP contribution < -0.4 is 15.4 Å². The number of hydrogen-bond acceptors (Lipinski definition) is 3. The fourth-order valence-corrected chi connectivity index (χ4v) is 2.34. The van der Waals surface area contributed by atoms with E-state index in [2.05, 4.69) is 17.6 Å². The number of amides is 1. The van der Waals surface area contributed by atoms with Gasteiger partial charge in [-0.15, -0.1) is 0 Å². The van der Waals surface area contributed by atoms with Crippen molar-refractivity contribution in [2.45, 2.75) is 26.2 Å². The summed E-state index contributed by atoms with van der Waals surface area (Å²) < 4.78 is 5.52. The normalized spacial score (nSPS) is 10.0. The zero-order valence-electron chi connectivity index (χ0n) is 13.7. The Bertz CT molecular complexity index is 657. The van der Waals surface area contributed by atoms with Gasteiger partial charge in [-0.3, -0.25) is 4.79 Å². The van der Waals surface area contributed by atoms with Crippen LogP contribution in [0.25, 0.3) is 0 Å². The summed E-state index contributed by atoms with van der Waals surface area (Å²) in [6.45, 7) is 2.76. The molecule has 0 fully saturated rings. The van der Waals surface area contributed by atoms with Gasteiger partial charge in [0.15, 0.2) is 5.11 Å². The Morgan fingerprint density at radius 2 is 1.79 bits per heavy atom. The van der Waals surface area contributed by atoms with Crippen molar-refractivity contribution < 1.29 is 9.53 Å². The van der Waals surface area contributed by atoms with Crippen LogP contribution in [0.2, 0.25) is 0 Å². The Hall–Kier alpha value is -2.40. The standard InChI is InChI=1S/C19H22N2O2S/c1-2-14-23-17-11-9-16(10-12-17)20-19(24)21-18(22)13-8-15-6-4-3-5-7-15/h3-7,9-12H,2,8,13-14H2,1H3,(H2,20,21,22,24). The average molecular weight is 342 g/mol. The third-order valence-corrected chi connectivity index (χ3v) is 3.53. The van der Waals surface area contributed by atoms with E-state index in [0.29, 0.717) is 24.6 Å². The van der Waals surface area contributed by atoms with Crippen molar-refractivity contribution in [2.24, 2.45) is 0 Å². The summed E-state index contributed by atoms with van der Waals surface area (Å²) in [6, 6.07) is 17.4. The lowest BCUT2D eigenvalue weighted by atomic mass is 10.1. The highest BCUT2D eigenvalue weighted by Crippen LogP contribution is 2.15. The first kappa shape index (κ1) is 17.9. The summed E-state index contributed by atoms with van der Waals surface area (Å²) in [5, 5.41) is 6.00. The number of thiocarbonyl (C=S) groups is 1. The number of anilines is 1. The SMILES string of the molecule is CCCOc1ccc(NC(=S)NC(=O)CCc2ccccc2)cc1. The monoisotopic (exact) mass is 342 g/mol. The zero-order valence-corrected chi connectivity index (χ0v) is 14.6. The smallest absolute Gasteiger partial charge is 0.226 e. The molecule has 2 N–H and O–H groups in total. The first-order valence-electron chi connectivity index (χ1n) is 8.05. The van der Waals surface area contributed by atoms with E-state index < -0.39 is 0 Å². The van der Waals surface area contributed by atoms with Crippen molar-refractivity contribution in [1.29, 1.82) is 0 Å². The van der Waals surface area contributed by atoms with Gasteiger partial charge in [0.1, 0.15) is 5.75 Å². The molecule has 0 unspecified atom stereocenters. The van der Waals surface area contributed by atoms with E-state index >= 15 is 0 Å². The zero-order chi connectivity index (χ0) is 17.2. The lowest BCUT2D eigenvalue weighted by Gasteiger charge is -2.10. The van der Waals surface area contributed by atoms with Gasteiger partial charge in [0.25, 0.3) is 0 Å². The molecule has 126 valence electrons. The summed E-state index contributed by atoms with van der Waals surface area (Å²) in [5.74, 6) is 0.722. The molecule has 2 rings (SSSR count). The molecule has 0 aliphatic heterocycles. The van der Waals surface area contributed by atoms with Gasteiger partial charge in [0.05, 0.1) is 6.61 Å². The predicted molar refractivity (Wildman–Crippen MR) is 101 cm³/mol. The Morgan fingerprint density at radius 3 is 2.46 bits per heavy atom. The van der Waals surface area contributed by atoms with Crippen molar-refractivity contribution in [3.63, 3.8) is 0 Å². The van der Waals surface area contributed by atoms with E-state index in [-0.39, 0.29) is 5.91 Å². The fourth-order valence-electron chi connectivity index (χ4n) is 2.11. The highest BCUT2D eigenvalue weighted by molar-refractivity contribution is 7.80. The Kier molecular flexibility index (Phi) is 7.23. The molecule has 0 atom stereocenters. The maximum absolute atomic E-state index is 11.9. The molecule has 0 spiro atoms. The van der Waals surface area contributed by atoms with E-state index in [1.165, 1.54) is 0 Å². The first-order chi connectivity index (χ1) is 11.7. The van der Waals surface area contributed by atoms with E-state index in [9.17, 15) is 4.79 Å². The molecule has 0 saturated heterocycles. The number of rotatable bonds is 7. The topological polar surface area (TPSA) is 50.4 Å². The Balaban J connectivity index is 1.74. The van der Waals surface area contributed by atoms with Crippen LogP contribution in [-0.4, -0.2) is 17.6 Å². The molecular weight excluding hydrogens is 320 g/mol. The molecule has 0 heterocycles. The fraction of sp³-hybridized carbons (Fsp3) is 0.263. The summed E-state index contributed by atoms with van der Waals surface area (Å²) in [4.78, 5) is 11.9. The molecule has 4 nitrogen and oxygen atoms in total. The van der Waals surface area contributed by atoms with Crippen LogP contribution in [0.3, 0.4) is 0 Å². The molecular formula is C19H22N2O2S. The largest absolute Gasteiger partial charge is 0.494 e. The Labute approximate surface area is 148 Å². The maximum atomic E-state index is 11.9. The van der Waals surface area contributed by atoms with Gasteiger partial charge in [-0.2, -0.15) is 0 Å². The molecule has 5 heteroatoms. The molecule has 0 aliphatic carbocycles. The van der Waals surface area contributed by atoms with E-state index in [1.807, 2.05) is 54.6 Å². The minimum Gasteiger partial charge on any atom is -0.494 e. The lowest BCUT2D eigenvalue weighted by molar-refractivity contribution is -0.119. The predicted octanol–water partition coefficient (Wildman–Crippen LogP) is 3.92. The molecule has 24 heavy (non-hydrogen) atoms. The van der Waals surface area contributed by atoms with Crippen LogP contribution >= 0.6 is 12.2 Å². The van der Waals surface area contributed by atoms with Crippen LogP contribution in [0.5, 0.6) is 5.75 Å². The van der Waals surface area contributed by atoms with Crippen molar-refractivity contribution in [2.75, 3.05) is 11.9 Å². The lowest BCUT2D eigenvalue weighted by Crippen LogP contribution is -2.34. The summed E-state index contributed by atoms with van der Waals surface area (Å²) in [7, 11) is 0. The Morgan fingerprint density at radius 1 is 1.08 bits per heavy atom. The van der Waals surface area contributed by atoms with Gasteiger partial charge < -0.3 is 15.4 Å². The van der Waals surface area contributed by atoms with Crippen LogP contribution in [0, 0.1) is 0 Å². The molecule has 0 bridgehead atoms. The van der Waals surface area contributed by atoms with Crippen molar-refractivity contribution in [3.05, 3.63) is 60.2 Å². The number of carbonyl (C=O) groups is 1. The number of ether oxygens (including phenoxy) is 1. The summed E-state index contributed by atoms with van der Waals surface area (Å²) >= 11 is 5.17. The minimum absolute atomic E-state index is 0.0979. The third-order valence-electron chi connectivity index (χ3n) is 3.32. The number of nitrogens with one attached hydrogen (secondary N) is 2.